The first-order valence-corrected chi connectivity index (χ1v) is 12.8. The van der Waals surface area contributed by atoms with Gasteiger partial charge < -0.3 is 20.9 Å². The SMILES string of the molecule is O=C=CC(C[C@@H]1CCNC1=C=O)NC(=C=O)C(CC1CCCCC1)NC(=O)c1cc2ccc(F)cc2[nH]1. The van der Waals surface area contributed by atoms with Crippen LogP contribution in [-0.2, 0) is 14.4 Å². The van der Waals surface area contributed by atoms with Crippen molar-refractivity contribution in [2.45, 2.75) is 63.5 Å². The number of benzene rings is 1. The number of carbonyl (C=O) groups excluding carboxylic acids is 4. The molecule has 0 bridgehead atoms. The van der Waals surface area contributed by atoms with Crippen molar-refractivity contribution < 1.29 is 23.6 Å². The van der Waals surface area contributed by atoms with Crippen LogP contribution in [-0.4, -0.2) is 47.3 Å². The van der Waals surface area contributed by atoms with Gasteiger partial charge in [-0.05, 0) is 49.4 Å². The van der Waals surface area contributed by atoms with Gasteiger partial charge in [-0.15, -0.1) is 0 Å². The molecular formula is C28H31FN4O4. The summed E-state index contributed by atoms with van der Waals surface area (Å²) < 4.78 is 13.6. The molecule has 2 aromatic rings. The Kier molecular flexibility index (Phi) is 8.76. The van der Waals surface area contributed by atoms with Crippen LogP contribution in [0, 0.1) is 17.7 Å². The lowest BCUT2D eigenvalue weighted by atomic mass is 9.84. The zero-order valence-corrected chi connectivity index (χ0v) is 20.6. The molecule has 2 unspecified atom stereocenters. The second-order valence-electron chi connectivity index (χ2n) is 9.90. The van der Waals surface area contributed by atoms with Gasteiger partial charge in [0.2, 0.25) is 0 Å². The van der Waals surface area contributed by atoms with Crippen molar-refractivity contribution in [3.05, 3.63) is 53.2 Å². The van der Waals surface area contributed by atoms with E-state index in [1.807, 2.05) is 11.9 Å². The van der Waals surface area contributed by atoms with E-state index in [1.165, 1.54) is 24.6 Å². The van der Waals surface area contributed by atoms with Crippen molar-refractivity contribution in [2.75, 3.05) is 6.54 Å². The van der Waals surface area contributed by atoms with E-state index < -0.39 is 23.8 Å². The lowest BCUT2D eigenvalue weighted by Gasteiger charge is -2.29. The third-order valence-electron chi connectivity index (χ3n) is 7.36. The van der Waals surface area contributed by atoms with Crippen LogP contribution in [0.5, 0.6) is 0 Å². The lowest BCUT2D eigenvalue weighted by Crippen LogP contribution is -2.44. The molecule has 2 heterocycles. The normalized spacial score (nSPS) is 19.2. The van der Waals surface area contributed by atoms with E-state index >= 15 is 0 Å². The molecule has 1 saturated heterocycles. The van der Waals surface area contributed by atoms with Crippen LogP contribution >= 0.6 is 0 Å². The fourth-order valence-corrected chi connectivity index (χ4v) is 5.45. The molecule has 8 nitrogen and oxygen atoms in total. The Labute approximate surface area is 214 Å². The molecule has 2 fully saturated rings. The van der Waals surface area contributed by atoms with Crippen molar-refractivity contribution in [1.82, 2.24) is 20.9 Å². The molecule has 4 N–H and O–H groups in total. The molecule has 37 heavy (non-hydrogen) atoms. The van der Waals surface area contributed by atoms with Gasteiger partial charge in [-0.3, -0.25) is 4.79 Å². The Morgan fingerprint density at radius 2 is 1.89 bits per heavy atom. The average Bonchev–Trinajstić information content (AvgIpc) is 3.53. The fraction of sp³-hybridized carbons (Fsp3) is 0.464. The van der Waals surface area contributed by atoms with Crippen LogP contribution in [0.2, 0.25) is 0 Å². The third-order valence-corrected chi connectivity index (χ3v) is 7.36. The number of rotatable bonds is 10. The highest BCUT2D eigenvalue weighted by atomic mass is 19.1. The maximum atomic E-state index is 13.6. The first kappa shape index (κ1) is 26.2. The number of nitrogens with one attached hydrogen (secondary N) is 4. The number of aromatic nitrogens is 1. The van der Waals surface area contributed by atoms with Gasteiger partial charge in [0.15, 0.2) is 0 Å². The number of hydrogen-bond donors (Lipinski definition) is 4. The summed E-state index contributed by atoms with van der Waals surface area (Å²) in [7, 11) is 0. The van der Waals surface area contributed by atoms with Gasteiger partial charge in [0.1, 0.15) is 35.0 Å². The van der Waals surface area contributed by atoms with Crippen molar-refractivity contribution in [3.63, 3.8) is 0 Å². The van der Waals surface area contributed by atoms with Gasteiger partial charge in [-0.1, -0.05) is 32.1 Å². The summed E-state index contributed by atoms with van der Waals surface area (Å²) in [5.74, 6) is 4.99. The van der Waals surface area contributed by atoms with Crippen molar-refractivity contribution in [1.29, 1.82) is 0 Å². The third kappa shape index (κ3) is 6.66. The molecule has 4 rings (SSSR count). The Morgan fingerprint density at radius 1 is 1.08 bits per heavy atom. The van der Waals surface area contributed by atoms with E-state index in [9.17, 15) is 23.6 Å². The predicted octanol–water partition coefficient (Wildman–Crippen LogP) is 3.15. The number of amides is 1. The van der Waals surface area contributed by atoms with E-state index in [0.717, 1.165) is 25.7 Å². The van der Waals surface area contributed by atoms with E-state index in [1.54, 1.807) is 18.1 Å². The van der Waals surface area contributed by atoms with Crippen LogP contribution in [0.1, 0.15) is 61.9 Å². The van der Waals surface area contributed by atoms with Gasteiger partial charge in [-0.25, -0.2) is 18.8 Å². The van der Waals surface area contributed by atoms with Gasteiger partial charge in [-0.2, -0.15) is 0 Å². The quantitative estimate of drug-likeness (QED) is 0.368. The largest absolute Gasteiger partial charge is 0.379 e. The lowest BCUT2D eigenvalue weighted by molar-refractivity contribution is 0.0930. The minimum atomic E-state index is -0.665. The highest BCUT2D eigenvalue weighted by Gasteiger charge is 2.29. The number of aromatic amines is 1. The van der Waals surface area contributed by atoms with Crippen molar-refractivity contribution in [3.8, 4) is 0 Å². The van der Waals surface area contributed by atoms with Crippen LogP contribution in [0.4, 0.5) is 4.39 Å². The molecule has 1 aliphatic carbocycles. The molecule has 0 spiro atoms. The highest BCUT2D eigenvalue weighted by Crippen LogP contribution is 2.29. The standard InChI is InChI=1S/C28H31FN4O4/c29-21-7-6-19-14-25(32-23(19)15-21)28(37)33-24(12-18-4-2-1-3-5-18)27(17-36)31-22(9-11-34)13-20-8-10-30-26(20)16-35/h6-7,9,14-15,18,20,22,24,30-32H,1-5,8,10,12-13H2,(H,33,37)/t20-,22?,24?/m0/s1. The Morgan fingerprint density at radius 3 is 2.62 bits per heavy atom. The first-order valence-electron chi connectivity index (χ1n) is 12.8. The molecule has 1 amide bonds. The second kappa shape index (κ2) is 12.4. The van der Waals surface area contributed by atoms with Crippen LogP contribution in [0.15, 0.2) is 41.7 Å². The van der Waals surface area contributed by atoms with Crippen LogP contribution < -0.4 is 16.0 Å². The summed E-state index contributed by atoms with van der Waals surface area (Å²) >= 11 is 0. The number of carbonyl (C=O) groups is 1. The number of fused-ring (bicyclic) bond motifs is 1. The number of allylic oxidation sites excluding steroid dienone is 1. The summed E-state index contributed by atoms with van der Waals surface area (Å²) in [6.07, 6.45) is 8.28. The number of hydrogen-bond acceptors (Lipinski definition) is 6. The van der Waals surface area contributed by atoms with Crippen molar-refractivity contribution >= 4 is 34.6 Å². The Balaban J connectivity index is 1.54. The van der Waals surface area contributed by atoms with Gasteiger partial charge in [0.05, 0.1) is 17.8 Å². The van der Waals surface area contributed by atoms with Gasteiger partial charge in [0.25, 0.3) is 5.91 Å². The van der Waals surface area contributed by atoms with Crippen LogP contribution in [0.25, 0.3) is 10.9 Å². The minimum absolute atomic E-state index is 0.134. The summed E-state index contributed by atoms with van der Waals surface area (Å²) in [6.45, 7) is 0.637. The summed E-state index contributed by atoms with van der Waals surface area (Å²) in [6, 6.07) is 4.63. The molecule has 1 aromatic heterocycles. The van der Waals surface area contributed by atoms with Gasteiger partial charge >= 0.3 is 0 Å². The topological polar surface area (TPSA) is 120 Å². The summed E-state index contributed by atoms with van der Waals surface area (Å²) in [5, 5.41) is 9.72. The van der Waals surface area contributed by atoms with E-state index in [0.29, 0.717) is 48.3 Å². The summed E-state index contributed by atoms with van der Waals surface area (Å²) in [5.41, 5.74) is 1.34. The molecule has 2 aliphatic rings. The van der Waals surface area contributed by atoms with E-state index in [-0.39, 0.29) is 17.3 Å². The minimum Gasteiger partial charge on any atom is -0.379 e. The fourth-order valence-electron chi connectivity index (χ4n) is 5.45. The molecule has 1 aromatic carbocycles. The van der Waals surface area contributed by atoms with E-state index in [4.69, 9.17) is 0 Å². The molecule has 1 saturated carbocycles. The van der Waals surface area contributed by atoms with Crippen LogP contribution in [0.3, 0.4) is 0 Å². The second-order valence-corrected chi connectivity index (χ2v) is 9.90. The zero-order valence-electron chi connectivity index (χ0n) is 20.6. The summed E-state index contributed by atoms with van der Waals surface area (Å²) in [4.78, 5) is 50.8. The molecule has 9 heteroatoms. The molecule has 3 atom stereocenters. The zero-order chi connectivity index (χ0) is 26.2. The molecule has 0 radical (unpaired) electrons. The number of H-pyrrole nitrogens is 1. The Hall–Kier alpha value is -3.89. The first-order chi connectivity index (χ1) is 18.0. The van der Waals surface area contributed by atoms with Gasteiger partial charge in [0, 0.05) is 29.4 Å². The molecular weight excluding hydrogens is 475 g/mol. The monoisotopic (exact) mass is 506 g/mol. The molecule has 194 valence electrons. The molecule has 1 aliphatic heterocycles. The Bertz CT molecular complexity index is 1280. The predicted molar refractivity (Wildman–Crippen MR) is 137 cm³/mol. The maximum absolute atomic E-state index is 13.6. The smallest absolute Gasteiger partial charge is 0.268 e. The highest BCUT2D eigenvalue weighted by molar-refractivity contribution is 5.98. The average molecular weight is 507 g/mol. The maximum Gasteiger partial charge on any atom is 0.268 e. The van der Waals surface area contributed by atoms with Crippen molar-refractivity contribution in [2.24, 2.45) is 11.8 Å². The number of halogens is 1. The van der Waals surface area contributed by atoms with E-state index in [2.05, 4.69) is 20.9 Å².